The Morgan fingerprint density at radius 3 is 1.77 bits per heavy atom. The molecule has 90 heavy (non-hydrogen) atoms. The number of aliphatic carboxylic acids is 1. The molecule has 0 saturated carbocycles. The SMILES string of the molecule is C[C@@H]1NC(=O)C2CCCC[C@H](NC(=O)CN)C(=O)N[C@@H](CCCC(C(N)=O)NC(=O)[C@H](CCCNC(=N)N)NC(=O)[C@H](Cc3cc4ccccc4[nH]3)NC1=O)C(=O)N[C@@H](CO)C(=O)N[C@@H](CC(=O)O)C(=O)N1CCCC1C(=O)N[C@@H](CCCNC(=N)N)C(=O)N2. The fourth-order valence-electron chi connectivity index (χ4n) is 10.5. The number of carboxylic acids is 1. The number of para-hydroxylation sites is 1. The van der Waals surface area contributed by atoms with Gasteiger partial charge in [0.05, 0.1) is 19.6 Å². The fourth-order valence-corrected chi connectivity index (χ4v) is 10.5. The number of amides is 12. The van der Waals surface area contributed by atoms with Gasteiger partial charge in [0.25, 0.3) is 0 Å². The van der Waals surface area contributed by atoms with E-state index in [1.165, 1.54) is 6.92 Å². The first kappa shape index (κ1) is 71.1. The number of aromatic nitrogens is 1. The van der Waals surface area contributed by atoms with E-state index in [4.69, 9.17) is 33.8 Å². The van der Waals surface area contributed by atoms with E-state index in [0.717, 1.165) is 10.3 Å². The number of aliphatic hydroxyl groups excluding tert-OH is 1. The van der Waals surface area contributed by atoms with Gasteiger partial charge in [-0.2, -0.15) is 0 Å². The third-order valence-corrected chi connectivity index (χ3v) is 15.3. The molecule has 3 unspecified atom stereocenters. The van der Waals surface area contributed by atoms with Gasteiger partial charge >= 0.3 is 5.97 Å². The highest BCUT2D eigenvalue weighted by Crippen LogP contribution is 2.22. The Morgan fingerprint density at radius 1 is 0.611 bits per heavy atom. The molecule has 0 spiro atoms. The Morgan fingerprint density at radius 2 is 1.16 bits per heavy atom. The molecule has 3 saturated heterocycles. The molecule has 12 amide bonds. The summed E-state index contributed by atoms with van der Waals surface area (Å²) < 4.78 is 0. The van der Waals surface area contributed by atoms with Crippen LogP contribution in [-0.2, 0) is 68.7 Å². The standard InChI is InChI=1S/C55H84N20O15/c1-27-44(81)72-37(23-29-22-28-10-2-3-11-30(28)65-29)50(87)70-35(16-7-19-62-54(58)59)47(84)67-31(43(57)80)14-6-15-34-49(86)74-39(26-76)51(88)73-38(24-42(78)79)53(90)75-21-9-18-40(75)52(89)71-36(17-8-20-63-55(60)61)48(85)68-33(45(82)64-27)13-5-4-12-32(46(83)69-34)66-41(77)25-56/h2-3,10-11,22,27,31-40,65,76H,4-9,12-21,23-26,56H2,1H3,(H2,57,80)(H,64,82)(H,66,77)(H,67,84)(H,68,85)(H,69,83)(H,70,87)(H,71,89)(H,72,81)(H,73,88)(H,74,86)(H,78,79)(H4,58,59,62)(H4,60,61,63)/t27-,31?,32-,33?,34-,35-,36-,37-,38-,39-,40?/m0/s1. The van der Waals surface area contributed by atoms with Crippen molar-refractivity contribution in [1.29, 1.82) is 10.8 Å². The zero-order chi connectivity index (χ0) is 66.2. The molecule has 3 aliphatic rings. The average Bonchev–Trinajstić information content (AvgIpc) is 1.72. The molecule has 0 radical (unpaired) electrons. The summed E-state index contributed by atoms with van der Waals surface area (Å²) in [6.45, 7) is -0.598. The number of guanidine groups is 2. The molecular weight excluding hydrogens is 1180 g/mol. The van der Waals surface area contributed by atoms with Gasteiger partial charge in [0.2, 0.25) is 70.9 Å². The van der Waals surface area contributed by atoms with Crippen molar-refractivity contribution in [2.75, 3.05) is 32.8 Å². The molecule has 1 aromatic carbocycles. The molecule has 11 atom stereocenters. The van der Waals surface area contributed by atoms with Crippen LogP contribution in [0.15, 0.2) is 30.3 Å². The Labute approximate surface area is 516 Å². The molecule has 35 nitrogen and oxygen atoms in total. The van der Waals surface area contributed by atoms with E-state index >= 15 is 0 Å². The highest BCUT2D eigenvalue weighted by molar-refractivity contribution is 6.00. The number of fused-ring (bicyclic) bond motifs is 10. The van der Waals surface area contributed by atoms with E-state index in [0.29, 0.717) is 11.2 Å². The predicted octanol–water partition coefficient (Wildman–Crippen LogP) is -7.24. The average molecular weight is 1270 g/mol. The minimum atomic E-state index is -1.95. The summed E-state index contributed by atoms with van der Waals surface area (Å²) in [6, 6.07) is -8.65. The van der Waals surface area contributed by atoms with Gasteiger partial charge in [-0.3, -0.25) is 73.1 Å². The van der Waals surface area contributed by atoms with Crippen molar-refractivity contribution in [2.45, 2.75) is 170 Å². The molecular formula is C55H84N20O15. The van der Waals surface area contributed by atoms with E-state index in [2.05, 4.69) is 68.8 Å². The molecule has 5 rings (SSSR count). The van der Waals surface area contributed by atoms with Gasteiger partial charge in [0.15, 0.2) is 11.9 Å². The third-order valence-electron chi connectivity index (χ3n) is 15.3. The van der Waals surface area contributed by atoms with Crippen LogP contribution in [0, 0.1) is 10.8 Å². The Kier molecular flexibility index (Phi) is 27.5. The van der Waals surface area contributed by atoms with E-state index in [1.807, 2.05) is 0 Å². The van der Waals surface area contributed by atoms with Crippen LogP contribution < -0.4 is 86.7 Å². The van der Waals surface area contributed by atoms with Crippen LogP contribution in [0.1, 0.15) is 103 Å². The monoisotopic (exact) mass is 1260 g/mol. The van der Waals surface area contributed by atoms with E-state index in [9.17, 15) is 72.5 Å². The first-order chi connectivity index (χ1) is 42.8. The highest BCUT2D eigenvalue weighted by Gasteiger charge is 2.42. The number of nitrogens with two attached hydrogens (primary N) is 4. The number of carbonyl (C=O) groups excluding carboxylic acids is 12. The van der Waals surface area contributed by atoms with Gasteiger partial charge in [-0.15, -0.1) is 0 Å². The molecule has 0 aliphatic carbocycles. The van der Waals surface area contributed by atoms with Crippen LogP contribution in [-0.4, -0.2) is 208 Å². The lowest BCUT2D eigenvalue weighted by Gasteiger charge is -2.30. The van der Waals surface area contributed by atoms with Crippen molar-refractivity contribution in [2.24, 2.45) is 22.9 Å². The minimum absolute atomic E-state index is 0.0109. The highest BCUT2D eigenvalue weighted by atomic mass is 16.4. The number of H-pyrrole nitrogens is 1. The van der Waals surface area contributed by atoms with Gasteiger partial charge in [0.1, 0.15) is 66.5 Å². The van der Waals surface area contributed by atoms with Gasteiger partial charge in [-0.05, 0) is 95.1 Å². The maximum absolute atomic E-state index is 14.6. The number of nitrogens with zero attached hydrogens (tertiary/aromatic N) is 1. The molecule has 3 aliphatic heterocycles. The Balaban J connectivity index is 1.66. The predicted molar refractivity (Wildman–Crippen MR) is 320 cm³/mol. The smallest absolute Gasteiger partial charge is 0.305 e. The summed E-state index contributed by atoms with van der Waals surface area (Å²) in [6.07, 6.45) is -2.85. The number of aromatic amines is 1. The number of nitrogens with one attached hydrogen (secondary N) is 15. The largest absolute Gasteiger partial charge is 0.481 e. The van der Waals surface area contributed by atoms with Crippen molar-refractivity contribution in [3.63, 3.8) is 0 Å². The molecule has 35 heteroatoms. The number of hydrogen-bond acceptors (Lipinski definition) is 17. The lowest BCUT2D eigenvalue weighted by molar-refractivity contribution is -0.146. The summed E-state index contributed by atoms with van der Waals surface area (Å²) in [4.78, 5) is 186. The molecule has 2 bridgehead atoms. The van der Waals surface area contributed by atoms with Gasteiger partial charge in [-0.1, -0.05) is 31.0 Å². The molecule has 25 N–H and O–H groups in total. The lowest BCUT2D eigenvalue weighted by atomic mass is 10.0. The van der Waals surface area contributed by atoms with Crippen LogP contribution in [0.5, 0.6) is 0 Å². The first-order valence-electron chi connectivity index (χ1n) is 29.7. The molecule has 494 valence electrons. The van der Waals surface area contributed by atoms with E-state index < -0.39 is 181 Å². The number of carboxylic acid groups (broad SMARTS) is 1. The summed E-state index contributed by atoms with van der Waals surface area (Å²) in [5.74, 6) is -14.5. The van der Waals surface area contributed by atoms with Crippen LogP contribution in [0.3, 0.4) is 0 Å². The topological polar surface area (TPSA) is 578 Å². The normalized spacial score (nSPS) is 26.1. The van der Waals surface area contributed by atoms with Crippen LogP contribution in [0.4, 0.5) is 0 Å². The summed E-state index contributed by atoms with van der Waals surface area (Å²) in [5.41, 5.74) is 23.6. The second-order valence-corrected chi connectivity index (χ2v) is 22.2. The van der Waals surface area contributed by atoms with Crippen molar-refractivity contribution in [3.8, 4) is 0 Å². The number of rotatable bonds is 16. The quantitative estimate of drug-likeness (QED) is 0.0422. The van der Waals surface area contributed by atoms with Crippen molar-refractivity contribution in [1.82, 2.24) is 73.7 Å². The Bertz CT molecular complexity index is 2950. The summed E-state index contributed by atoms with van der Waals surface area (Å²) >= 11 is 0. The zero-order valence-corrected chi connectivity index (χ0v) is 49.8. The van der Waals surface area contributed by atoms with E-state index in [-0.39, 0.29) is 103 Å². The van der Waals surface area contributed by atoms with Gasteiger partial charge in [-0.25, -0.2) is 0 Å². The second kappa shape index (κ2) is 34.8. The molecule has 2 aromatic rings. The number of aliphatic hydroxyl groups is 1. The molecule has 3 fully saturated rings. The Hall–Kier alpha value is -9.67. The first-order valence-corrected chi connectivity index (χ1v) is 29.7. The number of primary amides is 1. The minimum Gasteiger partial charge on any atom is -0.481 e. The van der Waals surface area contributed by atoms with Crippen LogP contribution >= 0.6 is 0 Å². The third kappa shape index (κ3) is 21.9. The zero-order valence-electron chi connectivity index (χ0n) is 49.8. The van der Waals surface area contributed by atoms with Crippen molar-refractivity contribution in [3.05, 3.63) is 36.0 Å². The van der Waals surface area contributed by atoms with Crippen LogP contribution in [0.25, 0.3) is 10.9 Å². The number of benzene rings is 1. The summed E-state index contributed by atoms with van der Waals surface area (Å²) in [5, 5.41) is 66.8. The maximum Gasteiger partial charge on any atom is 0.305 e. The molecule has 4 heterocycles. The second-order valence-electron chi connectivity index (χ2n) is 22.2. The number of carbonyl (C=O) groups is 13. The van der Waals surface area contributed by atoms with Crippen molar-refractivity contribution >= 4 is 99.7 Å². The van der Waals surface area contributed by atoms with Gasteiger partial charge in [0, 0.05) is 37.3 Å². The fraction of sp³-hybridized carbons (Fsp3) is 0.582. The van der Waals surface area contributed by atoms with Crippen molar-refractivity contribution < 1.29 is 72.5 Å². The van der Waals surface area contributed by atoms with Gasteiger partial charge < -0.3 is 107 Å². The van der Waals surface area contributed by atoms with E-state index in [1.54, 1.807) is 30.3 Å². The summed E-state index contributed by atoms with van der Waals surface area (Å²) in [7, 11) is 0. The molecule has 1 aromatic heterocycles. The lowest BCUT2D eigenvalue weighted by Crippen LogP contribution is -2.61. The maximum atomic E-state index is 14.6. The van der Waals surface area contributed by atoms with Crippen LogP contribution in [0.2, 0.25) is 0 Å². The number of hydrogen-bond donors (Lipinski definition) is 21.